The number of hydrogen-bond acceptors (Lipinski definition) is 7. The van der Waals surface area contributed by atoms with Gasteiger partial charge in [-0.25, -0.2) is 9.97 Å². The maximum Gasteiger partial charge on any atom is 0.189 e. The fourth-order valence-electron chi connectivity index (χ4n) is 1.93. The van der Waals surface area contributed by atoms with Crippen LogP contribution in [0.3, 0.4) is 0 Å². The molecule has 2 N–H and O–H groups in total. The zero-order valence-corrected chi connectivity index (χ0v) is 10.6. The molecule has 3 heterocycles. The van der Waals surface area contributed by atoms with Crippen molar-refractivity contribution in [1.29, 1.82) is 5.26 Å². The Bertz CT molecular complexity index is 649. The number of anilines is 2. The van der Waals surface area contributed by atoms with Crippen molar-refractivity contribution in [2.45, 2.75) is 5.92 Å². The number of thiazole rings is 1. The molecule has 0 fully saturated rings. The minimum atomic E-state index is -0.00971. The van der Waals surface area contributed by atoms with Gasteiger partial charge in [-0.3, -0.25) is 0 Å². The maximum absolute atomic E-state index is 9.26. The minimum Gasteiger partial charge on any atom is -0.489 e. The van der Waals surface area contributed by atoms with E-state index in [-0.39, 0.29) is 12.5 Å². The number of pyridine rings is 1. The highest BCUT2D eigenvalue weighted by atomic mass is 32.1. The first kappa shape index (κ1) is 11.9. The third-order valence-electron chi connectivity index (χ3n) is 2.87. The van der Waals surface area contributed by atoms with Crippen molar-refractivity contribution in [1.82, 2.24) is 9.97 Å². The Morgan fingerprint density at radius 2 is 2.47 bits per heavy atom. The van der Waals surface area contributed by atoms with Crippen LogP contribution in [0.4, 0.5) is 10.9 Å². The number of nitrogens with zero attached hydrogens (tertiary/aromatic N) is 3. The Labute approximate surface area is 113 Å². The van der Waals surface area contributed by atoms with Crippen LogP contribution in [0.15, 0.2) is 18.5 Å². The molecule has 2 aromatic heterocycles. The second-order valence-corrected chi connectivity index (χ2v) is 5.07. The molecule has 3 rings (SSSR count). The Kier molecular flexibility index (Phi) is 3.03. The molecule has 0 saturated heterocycles. The second kappa shape index (κ2) is 4.84. The van der Waals surface area contributed by atoms with Crippen molar-refractivity contribution in [2.75, 3.05) is 18.5 Å². The van der Waals surface area contributed by atoms with E-state index in [0.29, 0.717) is 28.2 Å². The van der Waals surface area contributed by atoms with Gasteiger partial charge in [-0.1, -0.05) is 11.3 Å². The normalized spacial score (nSPS) is 16.5. The molecular formula is C12H10N4O2S. The molecule has 1 atom stereocenters. The van der Waals surface area contributed by atoms with E-state index < -0.39 is 0 Å². The van der Waals surface area contributed by atoms with E-state index in [1.54, 1.807) is 6.20 Å². The summed E-state index contributed by atoms with van der Waals surface area (Å²) in [6.07, 6.45) is 3.17. The van der Waals surface area contributed by atoms with Gasteiger partial charge in [0.15, 0.2) is 16.7 Å². The van der Waals surface area contributed by atoms with E-state index in [1.165, 1.54) is 17.5 Å². The highest BCUT2D eigenvalue weighted by Crippen LogP contribution is 2.39. The van der Waals surface area contributed by atoms with Crippen molar-refractivity contribution in [3.8, 4) is 11.8 Å². The number of nitriles is 1. The number of ether oxygens (including phenoxy) is 1. The third-order valence-corrected chi connectivity index (χ3v) is 3.68. The van der Waals surface area contributed by atoms with Crippen LogP contribution in [0.25, 0.3) is 0 Å². The highest BCUT2D eigenvalue weighted by Gasteiger charge is 2.26. The largest absolute Gasteiger partial charge is 0.489 e. The van der Waals surface area contributed by atoms with Crippen LogP contribution in [0, 0.1) is 11.3 Å². The fourth-order valence-corrected chi connectivity index (χ4v) is 2.55. The Hall–Kier alpha value is -2.17. The quantitative estimate of drug-likeness (QED) is 0.883. The fraction of sp³-hybridized carbons (Fsp3) is 0.250. The third kappa shape index (κ3) is 2.12. The van der Waals surface area contributed by atoms with Crippen LogP contribution in [-0.4, -0.2) is 28.3 Å². The molecule has 19 heavy (non-hydrogen) atoms. The van der Waals surface area contributed by atoms with Gasteiger partial charge in [0.2, 0.25) is 0 Å². The van der Waals surface area contributed by atoms with Crippen molar-refractivity contribution < 1.29 is 9.84 Å². The number of aliphatic hydroxyl groups excluding tert-OH is 1. The van der Waals surface area contributed by atoms with Gasteiger partial charge >= 0.3 is 0 Å². The monoisotopic (exact) mass is 274 g/mol. The van der Waals surface area contributed by atoms with E-state index in [2.05, 4.69) is 15.3 Å². The van der Waals surface area contributed by atoms with Gasteiger partial charge in [-0.05, 0) is 6.07 Å². The molecule has 6 nitrogen and oxygen atoms in total. The molecule has 1 unspecified atom stereocenters. The van der Waals surface area contributed by atoms with Gasteiger partial charge in [-0.15, -0.1) is 0 Å². The van der Waals surface area contributed by atoms with E-state index in [4.69, 9.17) is 10.00 Å². The first-order chi connectivity index (χ1) is 9.31. The van der Waals surface area contributed by atoms with Crippen molar-refractivity contribution >= 4 is 22.3 Å². The molecule has 0 bridgehead atoms. The van der Waals surface area contributed by atoms with E-state index in [1.807, 2.05) is 12.1 Å². The SMILES string of the molecule is N#Cc1cnc(Nc2nccc3c2OCC3CO)s1. The standard InChI is InChI=1S/C12H10N4O2S/c13-3-8-4-15-12(19-8)16-11-10-9(1-2-14-11)7(5-17)6-18-10/h1-2,4,7,17H,5-6H2,(H,14,15,16). The van der Waals surface area contributed by atoms with Crippen LogP contribution in [-0.2, 0) is 0 Å². The lowest BCUT2D eigenvalue weighted by atomic mass is 10.0. The van der Waals surface area contributed by atoms with E-state index in [9.17, 15) is 5.11 Å². The number of nitrogens with one attached hydrogen (secondary N) is 1. The lowest BCUT2D eigenvalue weighted by Gasteiger charge is -2.07. The summed E-state index contributed by atoms with van der Waals surface area (Å²) >= 11 is 1.25. The molecule has 0 spiro atoms. The van der Waals surface area contributed by atoms with Gasteiger partial charge in [0.05, 0.1) is 19.4 Å². The number of aliphatic hydroxyl groups is 1. The van der Waals surface area contributed by atoms with Crippen LogP contribution < -0.4 is 10.1 Å². The smallest absolute Gasteiger partial charge is 0.189 e. The lowest BCUT2D eigenvalue weighted by Crippen LogP contribution is -2.04. The molecule has 0 saturated carbocycles. The Morgan fingerprint density at radius 3 is 3.21 bits per heavy atom. The van der Waals surface area contributed by atoms with E-state index >= 15 is 0 Å². The molecule has 1 aliphatic rings. The van der Waals surface area contributed by atoms with Gasteiger partial charge in [0.1, 0.15) is 10.9 Å². The predicted octanol–water partition coefficient (Wildman–Crippen LogP) is 1.62. The average molecular weight is 274 g/mol. The van der Waals surface area contributed by atoms with Gasteiger partial charge in [0.25, 0.3) is 0 Å². The molecule has 0 amide bonds. The van der Waals surface area contributed by atoms with Gasteiger partial charge in [-0.2, -0.15) is 5.26 Å². The van der Waals surface area contributed by atoms with Crippen molar-refractivity contribution in [2.24, 2.45) is 0 Å². The Morgan fingerprint density at radius 1 is 1.58 bits per heavy atom. The predicted molar refractivity (Wildman–Crippen MR) is 69.7 cm³/mol. The van der Waals surface area contributed by atoms with Gasteiger partial charge in [0, 0.05) is 17.7 Å². The number of rotatable bonds is 3. The van der Waals surface area contributed by atoms with Crippen LogP contribution in [0.2, 0.25) is 0 Å². The minimum absolute atomic E-state index is 0.00971. The molecular weight excluding hydrogens is 264 g/mol. The zero-order valence-electron chi connectivity index (χ0n) is 9.83. The molecule has 0 aromatic carbocycles. The van der Waals surface area contributed by atoms with Gasteiger partial charge < -0.3 is 15.2 Å². The molecule has 96 valence electrons. The summed E-state index contributed by atoms with van der Waals surface area (Å²) < 4.78 is 5.57. The summed E-state index contributed by atoms with van der Waals surface area (Å²) in [7, 11) is 0. The summed E-state index contributed by atoms with van der Waals surface area (Å²) in [6, 6.07) is 3.88. The summed E-state index contributed by atoms with van der Waals surface area (Å²) in [5.41, 5.74) is 0.942. The van der Waals surface area contributed by atoms with Crippen LogP contribution >= 0.6 is 11.3 Å². The average Bonchev–Trinajstić information content (AvgIpc) is 3.05. The first-order valence-corrected chi connectivity index (χ1v) is 6.49. The number of hydrogen-bond donors (Lipinski definition) is 2. The topological polar surface area (TPSA) is 91.1 Å². The summed E-state index contributed by atoms with van der Waals surface area (Å²) in [6.45, 7) is 0.500. The number of aromatic nitrogens is 2. The summed E-state index contributed by atoms with van der Waals surface area (Å²) in [5, 5.41) is 21.7. The highest BCUT2D eigenvalue weighted by molar-refractivity contribution is 7.16. The van der Waals surface area contributed by atoms with Crippen LogP contribution in [0.5, 0.6) is 5.75 Å². The lowest BCUT2D eigenvalue weighted by molar-refractivity contribution is 0.232. The molecule has 1 aliphatic heterocycles. The molecule has 0 aliphatic carbocycles. The Balaban J connectivity index is 1.90. The molecule has 0 radical (unpaired) electrons. The summed E-state index contributed by atoms with van der Waals surface area (Å²) in [4.78, 5) is 8.83. The second-order valence-electron chi connectivity index (χ2n) is 4.03. The molecule has 7 heteroatoms. The maximum atomic E-state index is 9.26. The zero-order chi connectivity index (χ0) is 13.2. The summed E-state index contributed by atoms with van der Waals surface area (Å²) in [5.74, 6) is 1.20. The van der Waals surface area contributed by atoms with Crippen LogP contribution in [0.1, 0.15) is 16.4 Å². The molecule has 2 aromatic rings. The number of fused-ring (bicyclic) bond motifs is 1. The van der Waals surface area contributed by atoms with E-state index in [0.717, 1.165) is 5.56 Å². The first-order valence-electron chi connectivity index (χ1n) is 5.67. The van der Waals surface area contributed by atoms with Crippen molar-refractivity contribution in [3.63, 3.8) is 0 Å². The van der Waals surface area contributed by atoms with Crippen molar-refractivity contribution in [3.05, 3.63) is 28.9 Å².